The summed E-state index contributed by atoms with van der Waals surface area (Å²) >= 11 is 11.9. The second-order valence-corrected chi connectivity index (χ2v) is 5.59. The summed E-state index contributed by atoms with van der Waals surface area (Å²) in [7, 11) is 0. The molecule has 0 aromatic heterocycles. The summed E-state index contributed by atoms with van der Waals surface area (Å²) in [5, 5.41) is 0.199. The standard InChI is InChI=1S/C14H18Cl2FN/c15-9-12-4-2-1-3-7-18(12)10-11-5-6-14(17)13(16)8-11/h5-6,8,12H,1-4,7,9-10H2. The average Bonchev–Trinajstić information content (AvgIpc) is 2.59. The number of likely N-dealkylation sites (tertiary alicyclic amines) is 1. The normalized spacial score (nSPS) is 21.8. The highest BCUT2D eigenvalue weighted by Crippen LogP contribution is 2.22. The van der Waals surface area contributed by atoms with Gasteiger partial charge in [-0.1, -0.05) is 30.5 Å². The van der Waals surface area contributed by atoms with E-state index in [-0.39, 0.29) is 10.8 Å². The minimum Gasteiger partial charge on any atom is -0.295 e. The molecule has 4 heteroatoms. The lowest BCUT2D eigenvalue weighted by molar-refractivity contribution is 0.207. The number of benzene rings is 1. The van der Waals surface area contributed by atoms with E-state index in [1.807, 2.05) is 0 Å². The van der Waals surface area contributed by atoms with Crippen molar-refractivity contribution in [3.63, 3.8) is 0 Å². The highest BCUT2D eigenvalue weighted by Gasteiger charge is 2.20. The molecule has 0 saturated carbocycles. The summed E-state index contributed by atoms with van der Waals surface area (Å²) in [6.07, 6.45) is 4.88. The Hall–Kier alpha value is -0.310. The van der Waals surface area contributed by atoms with Crippen molar-refractivity contribution in [3.8, 4) is 0 Å². The van der Waals surface area contributed by atoms with Crippen LogP contribution in [0.25, 0.3) is 0 Å². The highest BCUT2D eigenvalue weighted by molar-refractivity contribution is 6.30. The molecule has 2 rings (SSSR count). The first-order valence-corrected chi connectivity index (χ1v) is 7.36. The molecule has 1 atom stereocenters. The van der Waals surface area contributed by atoms with Crippen molar-refractivity contribution in [1.82, 2.24) is 4.90 Å². The maximum Gasteiger partial charge on any atom is 0.141 e. The molecule has 1 aromatic rings. The van der Waals surface area contributed by atoms with E-state index in [1.54, 1.807) is 12.1 Å². The molecule has 0 N–H and O–H groups in total. The van der Waals surface area contributed by atoms with Crippen LogP contribution in [0, 0.1) is 5.82 Å². The van der Waals surface area contributed by atoms with Gasteiger partial charge in [-0.15, -0.1) is 11.6 Å². The first-order chi connectivity index (χ1) is 8.70. The van der Waals surface area contributed by atoms with Crippen LogP contribution >= 0.6 is 23.2 Å². The molecule has 1 saturated heterocycles. The summed E-state index contributed by atoms with van der Waals surface area (Å²) in [5.41, 5.74) is 1.05. The van der Waals surface area contributed by atoms with Crippen LogP contribution in [-0.2, 0) is 6.54 Å². The van der Waals surface area contributed by atoms with Gasteiger partial charge in [0.05, 0.1) is 5.02 Å². The Morgan fingerprint density at radius 2 is 2.11 bits per heavy atom. The quantitative estimate of drug-likeness (QED) is 0.743. The SMILES string of the molecule is Fc1ccc(CN2CCCCCC2CCl)cc1Cl. The number of rotatable bonds is 3. The molecule has 18 heavy (non-hydrogen) atoms. The zero-order chi connectivity index (χ0) is 13.0. The Bertz CT molecular complexity index is 397. The lowest BCUT2D eigenvalue weighted by atomic mass is 10.1. The van der Waals surface area contributed by atoms with Gasteiger partial charge in [-0.25, -0.2) is 4.39 Å². The smallest absolute Gasteiger partial charge is 0.141 e. The summed E-state index contributed by atoms with van der Waals surface area (Å²) < 4.78 is 13.1. The summed E-state index contributed by atoms with van der Waals surface area (Å²) in [6.45, 7) is 1.86. The van der Waals surface area contributed by atoms with Crippen molar-refractivity contribution in [3.05, 3.63) is 34.6 Å². The Labute approximate surface area is 118 Å². The molecule has 1 heterocycles. The molecule has 0 amide bonds. The van der Waals surface area contributed by atoms with E-state index in [2.05, 4.69) is 4.90 Å². The van der Waals surface area contributed by atoms with Crippen LogP contribution < -0.4 is 0 Å². The molecule has 0 radical (unpaired) electrons. The Morgan fingerprint density at radius 1 is 1.28 bits per heavy atom. The van der Waals surface area contributed by atoms with Gasteiger partial charge < -0.3 is 0 Å². The fourth-order valence-electron chi connectivity index (χ4n) is 2.49. The van der Waals surface area contributed by atoms with E-state index >= 15 is 0 Å². The van der Waals surface area contributed by atoms with Gasteiger partial charge in [-0.3, -0.25) is 4.90 Å². The predicted molar refractivity (Wildman–Crippen MR) is 74.8 cm³/mol. The fraction of sp³-hybridized carbons (Fsp3) is 0.571. The number of hydrogen-bond donors (Lipinski definition) is 0. The largest absolute Gasteiger partial charge is 0.295 e. The maximum atomic E-state index is 13.1. The van der Waals surface area contributed by atoms with Crippen LogP contribution in [0.4, 0.5) is 4.39 Å². The fourth-order valence-corrected chi connectivity index (χ4v) is 3.04. The van der Waals surface area contributed by atoms with Gasteiger partial charge in [0, 0.05) is 18.5 Å². The monoisotopic (exact) mass is 289 g/mol. The number of nitrogens with zero attached hydrogens (tertiary/aromatic N) is 1. The van der Waals surface area contributed by atoms with Crippen LogP contribution in [0.2, 0.25) is 5.02 Å². The molecule has 1 aromatic carbocycles. The molecule has 100 valence electrons. The van der Waals surface area contributed by atoms with E-state index in [0.717, 1.165) is 25.1 Å². The van der Waals surface area contributed by atoms with Gasteiger partial charge in [-0.2, -0.15) is 0 Å². The minimum absolute atomic E-state index is 0.199. The molecular formula is C14H18Cl2FN. The molecule has 1 aliphatic rings. The van der Waals surface area contributed by atoms with E-state index in [0.29, 0.717) is 11.9 Å². The van der Waals surface area contributed by atoms with Crippen LogP contribution in [0.5, 0.6) is 0 Å². The zero-order valence-electron chi connectivity index (χ0n) is 10.3. The van der Waals surface area contributed by atoms with Crippen LogP contribution in [0.3, 0.4) is 0 Å². The van der Waals surface area contributed by atoms with E-state index < -0.39 is 0 Å². The molecule has 1 aliphatic heterocycles. The van der Waals surface area contributed by atoms with Crippen molar-refractivity contribution in [2.24, 2.45) is 0 Å². The van der Waals surface area contributed by atoms with Crippen molar-refractivity contribution in [2.75, 3.05) is 12.4 Å². The maximum absolute atomic E-state index is 13.1. The van der Waals surface area contributed by atoms with Gasteiger partial charge in [0.2, 0.25) is 0 Å². The highest BCUT2D eigenvalue weighted by atomic mass is 35.5. The molecule has 1 unspecified atom stereocenters. The third-order valence-corrected chi connectivity index (χ3v) is 4.19. The predicted octanol–water partition coefficient (Wildman–Crippen LogP) is 4.46. The molecule has 1 nitrogen and oxygen atoms in total. The number of hydrogen-bond acceptors (Lipinski definition) is 1. The summed E-state index contributed by atoms with van der Waals surface area (Å²) in [5.74, 6) is 0.305. The Balaban J connectivity index is 2.07. The van der Waals surface area contributed by atoms with Gasteiger partial charge in [-0.05, 0) is 37.1 Å². The Morgan fingerprint density at radius 3 is 2.83 bits per heavy atom. The van der Waals surface area contributed by atoms with Gasteiger partial charge >= 0.3 is 0 Å². The van der Waals surface area contributed by atoms with E-state index in [4.69, 9.17) is 23.2 Å². The second kappa shape index (κ2) is 6.74. The summed E-state index contributed by atoms with van der Waals surface area (Å²) in [6, 6.07) is 5.38. The molecular weight excluding hydrogens is 272 g/mol. The minimum atomic E-state index is -0.356. The van der Waals surface area contributed by atoms with E-state index in [9.17, 15) is 4.39 Å². The van der Waals surface area contributed by atoms with Crippen molar-refractivity contribution >= 4 is 23.2 Å². The second-order valence-electron chi connectivity index (χ2n) is 4.88. The topological polar surface area (TPSA) is 3.24 Å². The average molecular weight is 290 g/mol. The van der Waals surface area contributed by atoms with Crippen LogP contribution in [-0.4, -0.2) is 23.4 Å². The lowest BCUT2D eigenvalue weighted by Gasteiger charge is -2.28. The van der Waals surface area contributed by atoms with Crippen molar-refractivity contribution in [1.29, 1.82) is 0 Å². The van der Waals surface area contributed by atoms with Gasteiger partial charge in [0.25, 0.3) is 0 Å². The van der Waals surface area contributed by atoms with Crippen LogP contribution in [0.1, 0.15) is 31.2 Å². The first-order valence-electron chi connectivity index (χ1n) is 6.44. The van der Waals surface area contributed by atoms with Crippen molar-refractivity contribution < 1.29 is 4.39 Å². The van der Waals surface area contributed by atoms with Crippen molar-refractivity contribution in [2.45, 2.75) is 38.3 Å². The first kappa shape index (κ1) is 14.1. The Kier molecular flexibility index (Phi) is 5.28. The number of alkyl halides is 1. The lowest BCUT2D eigenvalue weighted by Crippen LogP contribution is -2.35. The third-order valence-electron chi connectivity index (χ3n) is 3.55. The van der Waals surface area contributed by atoms with Gasteiger partial charge in [0.1, 0.15) is 5.82 Å². The van der Waals surface area contributed by atoms with Gasteiger partial charge in [0.15, 0.2) is 0 Å². The number of halogens is 3. The van der Waals surface area contributed by atoms with E-state index in [1.165, 1.54) is 25.3 Å². The zero-order valence-corrected chi connectivity index (χ0v) is 11.9. The molecule has 0 aliphatic carbocycles. The molecule has 0 spiro atoms. The summed E-state index contributed by atoms with van der Waals surface area (Å²) in [4.78, 5) is 2.39. The van der Waals surface area contributed by atoms with Crippen LogP contribution in [0.15, 0.2) is 18.2 Å². The molecule has 1 fully saturated rings. The third kappa shape index (κ3) is 3.59. The molecule has 0 bridgehead atoms.